The van der Waals surface area contributed by atoms with Crippen molar-refractivity contribution in [1.29, 1.82) is 0 Å². The molecule has 4 aliphatic carbocycles. The molecule has 0 nitrogen and oxygen atoms in total. The van der Waals surface area contributed by atoms with Crippen LogP contribution in [0, 0.1) is 47.3 Å². The summed E-state index contributed by atoms with van der Waals surface area (Å²) in [7, 11) is 0. The molecule has 0 aromatic heterocycles. The molecule has 0 heteroatoms. The lowest BCUT2D eigenvalue weighted by molar-refractivity contribution is 0.177. The minimum atomic E-state index is 1.04. The first-order valence-electron chi connectivity index (χ1n) is 8.70. The highest BCUT2D eigenvalue weighted by Gasteiger charge is 2.47. The van der Waals surface area contributed by atoms with Crippen LogP contribution in [-0.2, 0) is 0 Å². The Hall–Kier alpha value is 0. The van der Waals surface area contributed by atoms with Crippen LogP contribution in [0.15, 0.2) is 0 Å². The minimum absolute atomic E-state index is 1.04. The zero-order valence-corrected chi connectivity index (χ0v) is 12.3. The first-order valence-corrected chi connectivity index (χ1v) is 8.70. The van der Waals surface area contributed by atoms with E-state index in [0.717, 1.165) is 35.5 Å². The van der Waals surface area contributed by atoms with Crippen LogP contribution in [0.2, 0.25) is 0 Å². The van der Waals surface area contributed by atoms with E-state index in [2.05, 4.69) is 13.8 Å². The van der Waals surface area contributed by atoms with E-state index < -0.39 is 0 Å². The molecule has 0 bridgehead atoms. The second-order valence-corrected chi connectivity index (χ2v) is 8.51. The molecule has 4 saturated carbocycles. The number of hydrogen-bond donors (Lipinski definition) is 0. The van der Waals surface area contributed by atoms with Gasteiger partial charge >= 0.3 is 0 Å². The Kier molecular flexibility index (Phi) is 2.79. The maximum Gasteiger partial charge on any atom is -0.0380 e. The van der Waals surface area contributed by atoms with E-state index in [-0.39, 0.29) is 0 Å². The topological polar surface area (TPSA) is 0 Å². The summed E-state index contributed by atoms with van der Waals surface area (Å²) in [5, 5.41) is 0. The molecule has 0 N–H and O–H groups in total. The van der Waals surface area contributed by atoms with Gasteiger partial charge in [-0.05, 0) is 98.7 Å². The summed E-state index contributed by atoms with van der Waals surface area (Å²) in [5.74, 6) is 8.94. The zero-order valence-electron chi connectivity index (χ0n) is 12.3. The third kappa shape index (κ3) is 2.14. The summed E-state index contributed by atoms with van der Waals surface area (Å²) in [4.78, 5) is 0. The molecule has 4 aliphatic rings. The van der Waals surface area contributed by atoms with Gasteiger partial charge in [0, 0.05) is 0 Å². The van der Waals surface area contributed by atoms with Crippen molar-refractivity contribution in [3.8, 4) is 0 Å². The van der Waals surface area contributed by atoms with Gasteiger partial charge in [-0.15, -0.1) is 0 Å². The van der Waals surface area contributed by atoms with Gasteiger partial charge in [0.2, 0.25) is 0 Å². The lowest BCUT2D eigenvalue weighted by Crippen LogP contribution is -2.23. The molecular formula is C18H30. The summed E-state index contributed by atoms with van der Waals surface area (Å²) in [6, 6.07) is 0. The van der Waals surface area contributed by atoms with Crippen LogP contribution in [0.1, 0.15) is 65.2 Å². The van der Waals surface area contributed by atoms with Crippen molar-refractivity contribution in [1.82, 2.24) is 0 Å². The second kappa shape index (κ2) is 4.25. The Labute approximate surface area is 113 Å². The van der Waals surface area contributed by atoms with Crippen LogP contribution in [0.5, 0.6) is 0 Å². The van der Waals surface area contributed by atoms with Gasteiger partial charge in [-0.2, -0.15) is 0 Å². The van der Waals surface area contributed by atoms with Crippen LogP contribution in [0.25, 0.3) is 0 Å². The predicted molar refractivity (Wildman–Crippen MR) is 76.2 cm³/mol. The van der Waals surface area contributed by atoms with E-state index in [1.807, 2.05) is 0 Å². The van der Waals surface area contributed by atoms with Crippen molar-refractivity contribution >= 4 is 0 Å². The molecule has 0 aliphatic heterocycles. The van der Waals surface area contributed by atoms with E-state index >= 15 is 0 Å². The average molecular weight is 246 g/mol. The van der Waals surface area contributed by atoms with Crippen molar-refractivity contribution in [2.75, 3.05) is 0 Å². The number of fused-ring (bicyclic) bond motifs is 2. The van der Waals surface area contributed by atoms with Gasteiger partial charge in [-0.25, -0.2) is 0 Å². The SMILES string of the molecule is CC1CC2CC2CC1CCC1CC2CC2CC1C. The van der Waals surface area contributed by atoms with Crippen LogP contribution in [0.4, 0.5) is 0 Å². The smallest absolute Gasteiger partial charge is 0.0380 e. The maximum absolute atomic E-state index is 2.54. The lowest BCUT2D eigenvalue weighted by Gasteiger charge is -2.33. The fourth-order valence-electron chi connectivity index (χ4n) is 5.59. The molecule has 0 saturated heterocycles. The number of hydrogen-bond acceptors (Lipinski definition) is 0. The van der Waals surface area contributed by atoms with Crippen molar-refractivity contribution in [3.63, 3.8) is 0 Å². The van der Waals surface area contributed by atoms with Gasteiger partial charge in [-0.3, -0.25) is 0 Å². The van der Waals surface area contributed by atoms with Gasteiger partial charge in [-0.1, -0.05) is 13.8 Å². The third-order valence-electron chi connectivity index (χ3n) is 7.22. The third-order valence-corrected chi connectivity index (χ3v) is 7.22. The summed E-state index contributed by atoms with van der Waals surface area (Å²) in [5.41, 5.74) is 0. The molecule has 18 heavy (non-hydrogen) atoms. The van der Waals surface area contributed by atoms with Gasteiger partial charge in [0.15, 0.2) is 0 Å². The van der Waals surface area contributed by atoms with Gasteiger partial charge in [0.1, 0.15) is 0 Å². The molecule has 4 rings (SSSR count). The van der Waals surface area contributed by atoms with E-state index in [1.165, 1.54) is 11.8 Å². The van der Waals surface area contributed by atoms with Crippen molar-refractivity contribution in [3.05, 3.63) is 0 Å². The van der Waals surface area contributed by atoms with E-state index in [0.29, 0.717) is 0 Å². The quantitative estimate of drug-likeness (QED) is 0.647. The molecule has 8 unspecified atom stereocenters. The van der Waals surface area contributed by atoms with Gasteiger partial charge in [0.25, 0.3) is 0 Å². The molecule has 102 valence electrons. The first kappa shape index (κ1) is 11.8. The minimum Gasteiger partial charge on any atom is -0.0622 e. The fraction of sp³-hybridized carbons (Fsp3) is 1.00. The zero-order chi connectivity index (χ0) is 12.3. The summed E-state index contributed by atoms with van der Waals surface area (Å²) in [6.07, 6.45) is 12.6. The Morgan fingerprint density at radius 2 is 0.944 bits per heavy atom. The molecule has 0 amide bonds. The van der Waals surface area contributed by atoms with Gasteiger partial charge in [0.05, 0.1) is 0 Å². The van der Waals surface area contributed by atoms with Crippen molar-refractivity contribution in [2.24, 2.45) is 47.3 Å². The Morgan fingerprint density at radius 1 is 0.556 bits per heavy atom. The molecule has 0 radical (unpaired) electrons. The maximum atomic E-state index is 2.54. The highest BCUT2D eigenvalue weighted by Crippen LogP contribution is 2.56. The highest BCUT2D eigenvalue weighted by atomic mass is 14.5. The van der Waals surface area contributed by atoms with Crippen molar-refractivity contribution in [2.45, 2.75) is 65.2 Å². The standard InChI is InChI=1S/C18H30/c1-11-5-15-9-17(15)7-13(11)3-4-14-8-18-10-16(18)6-12(14)2/h11-18H,3-10H2,1-2H3. The van der Waals surface area contributed by atoms with Crippen molar-refractivity contribution < 1.29 is 0 Å². The molecule has 0 heterocycles. The molecule has 4 fully saturated rings. The summed E-state index contributed by atoms with van der Waals surface area (Å²) < 4.78 is 0. The Morgan fingerprint density at radius 3 is 1.39 bits per heavy atom. The lowest BCUT2D eigenvalue weighted by atomic mass is 9.73. The van der Waals surface area contributed by atoms with Crippen LogP contribution in [0.3, 0.4) is 0 Å². The Bertz CT molecular complexity index is 288. The number of rotatable bonds is 3. The largest absolute Gasteiger partial charge is 0.0622 e. The van der Waals surface area contributed by atoms with E-state index in [1.54, 1.807) is 51.4 Å². The van der Waals surface area contributed by atoms with Crippen LogP contribution >= 0.6 is 0 Å². The van der Waals surface area contributed by atoms with Crippen LogP contribution in [-0.4, -0.2) is 0 Å². The Balaban J connectivity index is 1.29. The van der Waals surface area contributed by atoms with Gasteiger partial charge < -0.3 is 0 Å². The first-order chi connectivity index (χ1) is 8.70. The predicted octanol–water partition coefficient (Wildman–Crippen LogP) is 5.13. The average Bonchev–Trinajstić information content (AvgIpc) is 3.20. The second-order valence-electron chi connectivity index (χ2n) is 8.51. The normalized spacial score (nSPS) is 57.7. The molecule has 0 spiro atoms. The molecular weight excluding hydrogens is 216 g/mol. The van der Waals surface area contributed by atoms with E-state index in [9.17, 15) is 0 Å². The molecule has 8 atom stereocenters. The fourth-order valence-corrected chi connectivity index (χ4v) is 5.59. The molecule has 0 aromatic carbocycles. The summed E-state index contributed by atoms with van der Waals surface area (Å²) in [6.45, 7) is 5.08. The van der Waals surface area contributed by atoms with Crippen LogP contribution < -0.4 is 0 Å². The molecule has 0 aromatic rings. The van der Waals surface area contributed by atoms with E-state index in [4.69, 9.17) is 0 Å². The monoisotopic (exact) mass is 246 g/mol. The highest BCUT2D eigenvalue weighted by molar-refractivity contribution is 4.97. The summed E-state index contributed by atoms with van der Waals surface area (Å²) >= 11 is 0.